The molecule has 31 heavy (non-hydrogen) atoms. The summed E-state index contributed by atoms with van der Waals surface area (Å²) in [5, 5.41) is 26.2. The number of carbonyl (C=O) groups excluding carboxylic acids is 1. The third-order valence-corrected chi connectivity index (χ3v) is 6.25. The van der Waals surface area contributed by atoms with Gasteiger partial charge in [0.1, 0.15) is 5.82 Å². The lowest BCUT2D eigenvalue weighted by Crippen LogP contribution is -2.49. The van der Waals surface area contributed by atoms with Crippen LogP contribution >= 0.6 is 11.3 Å². The van der Waals surface area contributed by atoms with Crippen LogP contribution in [0.15, 0.2) is 24.3 Å². The Labute approximate surface area is 181 Å². The number of benzene rings is 1. The number of piperazine rings is 1. The summed E-state index contributed by atoms with van der Waals surface area (Å²) < 4.78 is 6.49. The van der Waals surface area contributed by atoms with E-state index >= 15 is 0 Å². The predicted octanol–water partition coefficient (Wildman–Crippen LogP) is 2.58. The Hall–Kier alpha value is -3.25. The molecule has 1 fully saturated rings. The average molecular weight is 446 g/mol. The normalized spacial score (nSPS) is 15.9. The van der Waals surface area contributed by atoms with Gasteiger partial charge in [-0.2, -0.15) is 4.52 Å². The van der Waals surface area contributed by atoms with Crippen LogP contribution in [-0.2, 0) is 4.74 Å². The fourth-order valence-electron chi connectivity index (χ4n) is 3.71. The smallest absolute Gasteiger partial charge is 0.409 e. The number of aromatic hydroxyl groups is 1. The number of non-ortho nitro benzene ring substituents is 1. The Kier molecular flexibility index (Phi) is 5.74. The number of amides is 1. The zero-order valence-corrected chi connectivity index (χ0v) is 17.9. The number of fused-ring (bicyclic) bond motifs is 1. The molecule has 0 bridgehead atoms. The number of aryl methyl sites for hydroxylation is 1. The fourth-order valence-corrected chi connectivity index (χ4v) is 4.87. The Morgan fingerprint density at radius 3 is 2.55 bits per heavy atom. The number of aromatic nitrogens is 3. The molecule has 0 spiro atoms. The van der Waals surface area contributed by atoms with Crippen LogP contribution < -0.4 is 0 Å². The highest BCUT2D eigenvalue weighted by molar-refractivity contribution is 7.17. The Bertz CT molecular complexity index is 1100. The van der Waals surface area contributed by atoms with Gasteiger partial charge >= 0.3 is 6.09 Å². The van der Waals surface area contributed by atoms with Gasteiger partial charge in [-0.1, -0.05) is 23.5 Å². The Balaban J connectivity index is 1.68. The summed E-state index contributed by atoms with van der Waals surface area (Å²) in [6.45, 7) is 5.89. The molecule has 2 aromatic heterocycles. The van der Waals surface area contributed by atoms with Gasteiger partial charge in [0.2, 0.25) is 10.8 Å². The van der Waals surface area contributed by atoms with Gasteiger partial charge in [0.15, 0.2) is 0 Å². The van der Waals surface area contributed by atoms with Gasteiger partial charge in [-0.25, -0.2) is 9.78 Å². The van der Waals surface area contributed by atoms with Crippen molar-refractivity contribution in [3.05, 3.63) is 50.6 Å². The molecule has 11 nitrogen and oxygen atoms in total. The lowest BCUT2D eigenvalue weighted by atomic mass is 10.0. The summed E-state index contributed by atoms with van der Waals surface area (Å²) >= 11 is 1.33. The Morgan fingerprint density at radius 2 is 1.97 bits per heavy atom. The molecule has 1 aromatic carbocycles. The second-order valence-corrected chi connectivity index (χ2v) is 8.13. The third kappa shape index (κ3) is 4.03. The molecular formula is C19H22N6O5S. The molecule has 0 saturated carbocycles. The maximum Gasteiger partial charge on any atom is 0.409 e. The topological polar surface area (TPSA) is 126 Å². The van der Waals surface area contributed by atoms with Crippen LogP contribution in [0.4, 0.5) is 10.5 Å². The molecular weight excluding hydrogens is 424 g/mol. The molecule has 1 unspecified atom stereocenters. The number of hydrogen-bond donors (Lipinski definition) is 1. The van der Waals surface area contributed by atoms with Gasteiger partial charge < -0.3 is 14.7 Å². The molecule has 1 aliphatic heterocycles. The number of carbonyl (C=O) groups is 1. The van der Waals surface area contributed by atoms with Crippen molar-refractivity contribution < 1.29 is 19.6 Å². The van der Waals surface area contributed by atoms with E-state index in [0.717, 1.165) is 5.56 Å². The van der Waals surface area contributed by atoms with E-state index in [-0.39, 0.29) is 23.7 Å². The summed E-state index contributed by atoms with van der Waals surface area (Å²) in [6.07, 6.45) is -0.342. The molecule has 3 heterocycles. The highest BCUT2D eigenvalue weighted by Gasteiger charge is 2.33. The molecule has 3 aromatic rings. The zero-order chi connectivity index (χ0) is 22.1. The minimum absolute atomic E-state index is 0.00266. The summed E-state index contributed by atoms with van der Waals surface area (Å²) in [4.78, 5) is 32.0. The lowest BCUT2D eigenvalue weighted by molar-refractivity contribution is -0.384. The zero-order valence-electron chi connectivity index (χ0n) is 17.1. The minimum atomic E-state index is -0.444. The van der Waals surface area contributed by atoms with Crippen molar-refractivity contribution in [3.8, 4) is 5.88 Å². The summed E-state index contributed by atoms with van der Waals surface area (Å²) in [7, 11) is 0. The number of hydrogen-bond acceptors (Lipinski definition) is 9. The minimum Gasteiger partial charge on any atom is -0.492 e. The first kappa shape index (κ1) is 21.0. The first-order chi connectivity index (χ1) is 14.9. The number of rotatable bonds is 5. The van der Waals surface area contributed by atoms with Crippen LogP contribution in [0.25, 0.3) is 4.96 Å². The van der Waals surface area contributed by atoms with E-state index in [9.17, 15) is 20.0 Å². The molecule has 1 atom stereocenters. The van der Waals surface area contributed by atoms with E-state index in [4.69, 9.17) is 4.74 Å². The molecule has 1 saturated heterocycles. The van der Waals surface area contributed by atoms with E-state index in [1.807, 2.05) is 0 Å². The van der Waals surface area contributed by atoms with E-state index < -0.39 is 4.92 Å². The van der Waals surface area contributed by atoms with E-state index in [1.54, 1.807) is 30.9 Å². The first-order valence-electron chi connectivity index (χ1n) is 9.84. The summed E-state index contributed by atoms with van der Waals surface area (Å²) in [5.41, 5.74) is 0.795. The molecule has 1 N–H and O–H groups in total. The number of nitro groups is 1. The van der Waals surface area contributed by atoms with Crippen molar-refractivity contribution in [2.75, 3.05) is 32.8 Å². The molecule has 0 aliphatic carbocycles. The molecule has 4 rings (SSSR count). The van der Waals surface area contributed by atoms with Crippen molar-refractivity contribution in [3.63, 3.8) is 0 Å². The number of nitrogens with zero attached hydrogens (tertiary/aromatic N) is 6. The fraction of sp³-hybridized carbons (Fsp3) is 0.421. The van der Waals surface area contributed by atoms with Crippen molar-refractivity contribution in [2.45, 2.75) is 19.9 Å². The average Bonchev–Trinajstić information content (AvgIpc) is 3.26. The molecule has 0 radical (unpaired) electrons. The van der Waals surface area contributed by atoms with E-state index in [2.05, 4.69) is 15.0 Å². The van der Waals surface area contributed by atoms with Gasteiger partial charge in [0.05, 0.1) is 22.4 Å². The Morgan fingerprint density at radius 1 is 1.29 bits per heavy atom. The first-order valence-corrected chi connectivity index (χ1v) is 10.7. The quantitative estimate of drug-likeness (QED) is 0.468. The summed E-state index contributed by atoms with van der Waals surface area (Å²) in [5.74, 6) is 0.555. The van der Waals surface area contributed by atoms with Crippen molar-refractivity contribution in [1.82, 2.24) is 24.4 Å². The SMILES string of the molecule is CCOC(=O)N1CCN(C(c2ccc([N+](=O)[O-])cc2)c2sc3nc(C)nn3c2O)CC1. The van der Waals surface area contributed by atoms with Gasteiger partial charge in [0.25, 0.3) is 5.69 Å². The number of ether oxygens (including phenoxy) is 1. The van der Waals surface area contributed by atoms with Crippen LogP contribution in [0.2, 0.25) is 0 Å². The standard InChI is InChI=1S/C19H22N6O5S/c1-3-30-19(27)23-10-8-22(9-11-23)15(13-4-6-14(7-5-13)25(28)29)16-17(26)24-18(31-16)20-12(2)21-24/h4-7,15,26H,3,8-11H2,1-2H3. The highest BCUT2D eigenvalue weighted by Crippen LogP contribution is 2.40. The van der Waals surface area contributed by atoms with Gasteiger partial charge in [-0.3, -0.25) is 15.0 Å². The second-order valence-electron chi connectivity index (χ2n) is 7.12. The summed E-state index contributed by atoms with van der Waals surface area (Å²) in [6, 6.07) is 5.94. The third-order valence-electron chi connectivity index (χ3n) is 5.18. The number of nitro benzene ring substituents is 1. The van der Waals surface area contributed by atoms with Gasteiger partial charge in [-0.15, -0.1) is 5.10 Å². The van der Waals surface area contributed by atoms with Crippen molar-refractivity contribution in [1.29, 1.82) is 0 Å². The van der Waals surface area contributed by atoms with Gasteiger partial charge in [0, 0.05) is 38.3 Å². The molecule has 12 heteroatoms. The van der Waals surface area contributed by atoms with Crippen LogP contribution in [0.5, 0.6) is 5.88 Å². The van der Waals surface area contributed by atoms with Crippen LogP contribution in [-0.4, -0.2) is 73.3 Å². The van der Waals surface area contributed by atoms with Crippen LogP contribution in [0.3, 0.4) is 0 Å². The van der Waals surface area contributed by atoms with Crippen LogP contribution in [0.1, 0.15) is 29.2 Å². The van der Waals surface area contributed by atoms with Crippen LogP contribution in [0, 0.1) is 17.0 Å². The van der Waals surface area contributed by atoms with Crippen molar-refractivity contribution in [2.24, 2.45) is 0 Å². The second kappa shape index (κ2) is 8.47. The van der Waals surface area contributed by atoms with E-state index in [1.165, 1.54) is 28.0 Å². The largest absolute Gasteiger partial charge is 0.492 e. The molecule has 1 aliphatic rings. The molecule has 164 valence electrons. The maximum absolute atomic E-state index is 12.0. The highest BCUT2D eigenvalue weighted by atomic mass is 32.1. The van der Waals surface area contributed by atoms with E-state index in [0.29, 0.717) is 48.4 Å². The lowest BCUT2D eigenvalue weighted by Gasteiger charge is -2.38. The van der Waals surface area contributed by atoms with Crippen molar-refractivity contribution >= 4 is 28.1 Å². The van der Waals surface area contributed by atoms with Gasteiger partial charge in [-0.05, 0) is 19.4 Å². The maximum atomic E-state index is 12.0. The number of thiazole rings is 1. The monoisotopic (exact) mass is 446 g/mol. The molecule has 1 amide bonds. The predicted molar refractivity (Wildman–Crippen MR) is 112 cm³/mol.